The first-order chi connectivity index (χ1) is 16.4. The molecule has 0 radical (unpaired) electrons. The van der Waals surface area contributed by atoms with Crippen LogP contribution in [0.15, 0.2) is 72.8 Å². The lowest BCUT2D eigenvalue weighted by molar-refractivity contribution is -0.138. The van der Waals surface area contributed by atoms with Gasteiger partial charge in [-0.2, -0.15) is 5.26 Å². The highest BCUT2D eigenvalue weighted by Gasteiger charge is 2.44. The van der Waals surface area contributed by atoms with Gasteiger partial charge in [-0.1, -0.05) is 35.9 Å². The number of hydrogen-bond acceptors (Lipinski definition) is 4. The summed E-state index contributed by atoms with van der Waals surface area (Å²) in [5.74, 6) is -1.73. The number of nitrogens with zero attached hydrogens (tertiary/aromatic N) is 3. The van der Waals surface area contributed by atoms with Crippen LogP contribution in [-0.2, 0) is 27.3 Å². The van der Waals surface area contributed by atoms with Gasteiger partial charge in [0.1, 0.15) is 11.9 Å². The van der Waals surface area contributed by atoms with Gasteiger partial charge >= 0.3 is 0 Å². The predicted octanol–water partition coefficient (Wildman–Crippen LogP) is 4.25. The maximum Gasteiger partial charge on any atom is 0.257 e. The van der Waals surface area contributed by atoms with Crippen molar-refractivity contribution in [2.45, 2.75) is 25.4 Å². The molecule has 1 aliphatic heterocycles. The highest BCUT2D eigenvalue weighted by Crippen LogP contribution is 2.28. The smallest absolute Gasteiger partial charge is 0.257 e. The molecule has 0 N–H and O–H groups in total. The zero-order chi connectivity index (χ0) is 24.2. The van der Waals surface area contributed by atoms with Gasteiger partial charge < -0.3 is 4.90 Å². The van der Waals surface area contributed by atoms with E-state index in [1.165, 1.54) is 53.4 Å². The van der Waals surface area contributed by atoms with E-state index in [2.05, 4.69) is 0 Å². The summed E-state index contributed by atoms with van der Waals surface area (Å²) in [7, 11) is 0. The van der Waals surface area contributed by atoms with Crippen molar-refractivity contribution in [3.8, 4) is 6.07 Å². The van der Waals surface area contributed by atoms with Gasteiger partial charge in [-0.15, -0.1) is 0 Å². The van der Waals surface area contributed by atoms with Crippen LogP contribution in [0.1, 0.15) is 23.1 Å². The monoisotopic (exact) mass is 475 g/mol. The largest absolute Gasteiger partial charge is 0.325 e. The number of hydrogen-bond donors (Lipinski definition) is 0. The lowest BCUT2D eigenvalue weighted by Gasteiger charge is -2.28. The van der Waals surface area contributed by atoms with Gasteiger partial charge in [-0.25, -0.2) is 9.29 Å². The standard InChI is InChI=1S/C26H19ClFN3O3/c27-20-7-1-17(2-8-20)13-24(32)30(16-19-3-9-21(28)10-4-19)23-14-25(33)31(26(23)34)22-11-5-18(15-29)6-12-22/h1-12,23H,13-14,16H2. The molecule has 3 aromatic carbocycles. The van der Waals surface area contributed by atoms with Gasteiger partial charge in [0.25, 0.3) is 5.91 Å². The molecule has 34 heavy (non-hydrogen) atoms. The van der Waals surface area contributed by atoms with Gasteiger partial charge in [0.2, 0.25) is 11.8 Å². The molecule has 0 aliphatic carbocycles. The Kier molecular flexibility index (Phi) is 6.71. The minimum absolute atomic E-state index is 0.00714. The molecule has 0 bridgehead atoms. The van der Waals surface area contributed by atoms with E-state index in [-0.39, 0.29) is 25.3 Å². The molecule has 8 heteroatoms. The Labute approximate surface area is 200 Å². The van der Waals surface area contributed by atoms with E-state index in [1.54, 1.807) is 24.3 Å². The van der Waals surface area contributed by atoms with Crippen molar-refractivity contribution < 1.29 is 18.8 Å². The zero-order valence-corrected chi connectivity index (χ0v) is 18.7. The maximum absolute atomic E-state index is 13.4. The van der Waals surface area contributed by atoms with Gasteiger partial charge in [-0.3, -0.25) is 14.4 Å². The van der Waals surface area contributed by atoms with Crippen molar-refractivity contribution in [2.24, 2.45) is 0 Å². The van der Waals surface area contributed by atoms with E-state index < -0.39 is 23.7 Å². The summed E-state index contributed by atoms with van der Waals surface area (Å²) in [5.41, 5.74) is 2.07. The number of anilines is 1. The summed E-state index contributed by atoms with van der Waals surface area (Å²) in [5, 5.41) is 9.53. The molecule has 1 atom stereocenters. The number of amides is 3. The fourth-order valence-electron chi connectivity index (χ4n) is 3.85. The molecular weight excluding hydrogens is 457 g/mol. The van der Waals surface area contributed by atoms with Crippen LogP contribution in [0.2, 0.25) is 5.02 Å². The number of halogens is 2. The third-order valence-electron chi connectivity index (χ3n) is 5.61. The highest BCUT2D eigenvalue weighted by atomic mass is 35.5. The second kappa shape index (κ2) is 9.86. The van der Waals surface area contributed by atoms with Gasteiger partial charge in [-0.05, 0) is 59.7 Å². The van der Waals surface area contributed by atoms with E-state index in [4.69, 9.17) is 16.9 Å². The Bertz CT molecular complexity index is 1270. The third-order valence-corrected chi connectivity index (χ3v) is 5.86. The van der Waals surface area contributed by atoms with E-state index >= 15 is 0 Å². The van der Waals surface area contributed by atoms with Crippen LogP contribution in [-0.4, -0.2) is 28.7 Å². The lowest BCUT2D eigenvalue weighted by atomic mass is 10.1. The number of benzene rings is 3. The van der Waals surface area contributed by atoms with Crippen LogP contribution in [0.3, 0.4) is 0 Å². The first-order valence-electron chi connectivity index (χ1n) is 10.5. The van der Waals surface area contributed by atoms with E-state index in [0.29, 0.717) is 27.4 Å². The molecule has 0 saturated carbocycles. The van der Waals surface area contributed by atoms with Crippen molar-refractivity contribution in [2.75, 3.05) is 4.90 Å². The average Bonchev–Trinajstić information content (AvgIpc) is 3.13. The van der Waals surface area contributed by atoms with Crippen LogP contribution in [0.4, 0.5) is 10.1 Å². The summed E-state index contributed by atoms with van der Waals surface area (Å²) in [4.78, 5) is 41.9. The maximum atomic E-state index is 13.4. The van der Waals surface area contributed by atoms with Gasteiger partial charge in [0.15, 0.2) is 0 Å². The molecular formula is C26H19ClFN3O3. The summed E-state index contributed by atoms with van der Waals surface area (Å²) in [6.45, 7) is 0.0393. The normalized spacial score (nSPS) is 15.3. The molecule has 6 nitrogen and oxygen atoms in total. The van der Waals surface area contributed by atoms with Crippen molar-refractivity contribution in [1.82, 2.24) is 4.90 Å². The van der Waals surface area contributed by atoms with Gasteiger partial charge in [0.05, 0.1) is 30.2 Å². The number of imide groups is 1. The highest BCUT2D eigenvalue weighted by molar-refractivity contribution is 6.30. The summed E-state index contributed by atoms with van der Waals surface area (Å²) in [6.07, 6.45) is -0.167. The van der Waals surface area contributed by atoms with Crippen molar-refractivity contribution in [1.29, 1.82) is 5.26 Å². The topological polar surface area (TPSA) is 81.5 Å². The Morgan fingerprint density at radius 3 is 2.24 bits per heavy atom. The quantitative estimate of drug-likeness (QED) is 0.499. The number of carbonyl (C=O) groups is 3. The van der Waals surface area contributed by atoms with Gasteiger partial charge in [0, 0.05) is 11.6 Å². The van der Waals surface area contributed by atoms with Crippen LogP contribution >= 0.6 is 11.6 Å². The van der Waals surface area contributed by atoms with Crippen molar-refractivity contribution in [3.63, 3.8) is 0 Å². The van der Waals surface area contributed by atoms with Crippen LogP contribution < -0.4 is 4.90 Å². The first kappa shape index (κ1) is 23.1. The fourth-order valence-corrected chi connectivity index (χ4v) is 3.98. The Hall–Kier alpha value is -4.02. The van der Waals surface area contributed by atoms with Crippen molar-refractivity contribution >= 4 is 35.0 Å². The second-order valence-corrected chi connectivity index (χ2v) is 8.33. The minimum atomic E-state index is -1.01. The molecule has 1 fully saturated rings. The third kappa shape index (κ3) is 4.98. The molecule has 1 aliphatic rings. The lowest BCUT2D eigenvalue weighted by Crippen LogP contribution is -2.45. The van der Waals surface area contributed by atoms with E-state index in [9.17, 15) is 18.8 Å². The Balaban J connectivity index is 1.62. The second-order valence-electron chi connectivity index (χ2n) is 7.90. The Morgan fingerprint density at radius 2 is 1.62 bits per heavy atom. The fraction of sp³-hybridized carbons (Fsp3) is 0.154. The summed E-state index contributed by atoms with van der Waals surface area (Å²) >= 11 is 5.93. The van der Waals surface area contributed by atoms with Crippen LogP contribution in [0, 0.1) is 17.1 Å². The molecule has 0 aromatic heterocycles. The molecule has 1 saturated heterocycles. The molecule has 3 amide bonds. The number of carbonyl (C=O) groups excluding carboxylic acids is 3. The van der Waals surface area contributed by atoms with E-state index in [0.717, 1.165) is 4.90 Å². The number of nitriles is 1. The molecule has 3 aromatic rings. The van der Waals surface area contributed by atoms with Crippen LogP contribution in [0.5, 0.6) is 0 Å². The summed E-state index contributed by atoms with van der Waals surface area (Å²) < 4.78 is 13.4. The predicted molar refractivity (Wildman–Crippen MR) is 124 cm³/mol. The first-order valence-corrected chi connectivity index (χ1v) is 10.9. The van der Waals surface area contributed by atoms with Crippen molar-refractivity contribution in [3.05, 3.63) is 100 Å². The van der Waals surface area contributed by atoms with E-state index in [1.807, 2.05) is 6.07 Å². The summed E-state index contributed by atoms with van der Waals surface area (Å²) in [6, 6.07) is 19.5. The van der Waals surface area contributed by atoms with Crippen LogP contribution in [0.25, 0.3) is 0 Å². The Morgan fingerprint density at radius 1 is 1.00 bits per heavy atom. The average molecular weight is 476 g/mol. The molecule has 1 heterocycles. The molecule has 4 rings (SSSR count). The molecule has 170 valence electrons. The minimum Gasteiger partial charge on any atom is -0.325 e. The zero-order valence-electron chi connectivity index (χ0n) is 17.9. The SMILES string of the molecule is N#Cc1ccc(N2C(=O)CC(N(Cc3ccc(F)cc3)C(=O)Cc3ccc(Cl)cc3)C2=O)cc1. The number of rotatable bonds is 6. The molecule has 0 spiro atoms. The molecule has 1 unspecified atom stereocenters.